The second kappa shape index (κ2) is 10.6. The van der Waals surface area contributed by atoms with Crippen molar-refractivity contribution in [3.63, 3.8) is 0 Å². The van der Waals surface area contributed by atoms with Crippen molar-refractivity contribution >= 4 is 12.1 Å². The van der Waals surface area contributed by atoms with Gasteiger partial charge in [0.1, 0.15) is 0 Å². The van der Waals surface area contributed by atoms with Crippen molar-refractivity contribution in [2.45, 2.75) is 0 Å². The molecule has 4 nitrogen and oxygen atoms in total. The number of halogens is 1. The van der Waals surface area contributed by atoms with Gasteiger partial charge in [0.05, 0.1) is 6.33 Å². The number of hydrogen-bond acceptors (Lipinski definition) is 3. The quantitative estimate of drug-likeness (QED) is 0.678. The zero-order valence-electron chi connectivity index (χ0n) is 9.82. The minimum Gasteiger partial charge on any atom is -0.388 e. The molecule has 0 aromatic heterocycles. The molecule has 4 N–H and O–H groups in total. The minimum absolute atomic E-state index is 0.136. The van der Waals surface area contributed by atoms with Crippen molar-refractivity contribution in [3.05, 3.63) is 42.2 Å². The summed E-state index contributed by atoms with van der Waals surface area (Å²) >= 11 is 0. The monoisotopic (exact) mass is 239 g/mol. The van der Waals surface area contributed by atoms with E-state index in [1.165, 1.54) is 0 Å². The molecule has 0 bridgehead atoms. The Morgan fingerprint density at radius 3 is 2.41 bits per heavy atom. The number of carbonyl (C=O) groups excluding carboxylic acids is 1. The van der Waals surface area contributed by atoms with Crippen LogP contribution >= 0.6 is 0 Å². The van der Waals surface area contributed by atoms with Crippen LogP contribution in [0, 0.1) is 0 Å². The van der Waals surface area contributed by atoms with E-state index in [2.05, 4.69) is 10.6 Å². The van der Waals surface area contributed by atoms with Crippen LogP contribution in [-0.4, -0.2) is 26.5 Å². The number of anilines is 1. The van der Waals surface area contributed by atoms with Crippen LogP contribution in [0.5, 0.6) is 0 Å². The molecule has 0 atom stereocenters. The van der Waals surface area contributed by atoms with Crippen LogP contribution in [0.3, 0.4) is 0 Å². The Bertz CT molecular complexity index is 328. The van der Waals surface area contributed by atoms with E-state index in [0.717, 1.165) is 5.69 Å². The van der Waals surface area contributed by atoms with E-state index in [4.69, 9.17) is 5.73 Å². The van der Waals surface area contributed by atoms with E-state index in [0.29, 0.717) is 18.3 Å². The van der Waals surface area contributed by atoms with E-state index >= 15 is 0 Å². The minimum atomic E-state index is 0.136. The molecule has 0 radical (unpaired) electrons. The molecule has 1 rings (SSSR count). The second-order valence-electron chi connectivity index (χ2n) is 3.09. The molecule has 0 fully saturated rings. The number of hydrogen-bond donors (Lipinski definition) is 3. The van der Waals surface area contributed by atoms with Gasteiger partial charge >= 0.3 is 0 Å². The molecule has 0 saturated carbocycles. The summed E-state index contributed by atoms with van der Waals surface area (Å²) in [4.78, 5) is 9.64. The van der Waals surface area contributed by atoms with Crippen molar-refractivity contribution in [2.75, 3.05) is 25.5 Å². The van der Waals surface area contributed by atoms with E-state index in [1.54, 1.807) is 0 Å². The van der Waals surface area contributed by atoms with Gasteiger partial charge in [0.25, 0.3) is 0 Å². The summed E-state index contributed by atoms with van der Waals surface area (Å²) in [5.41, 5.74) is 6.60. The van der Waals surface area contributed by atoms with Crippen molar-refractivity contribution in [1.82, 2.24) is 5.32 Å². The molecule has 1 aromatic rings. The van der Waals surface area contributed by atoms with Gasteiger partial charge in [0.15, 0.2) is 0 Å². The normalized spacial score (nSPS) is 9.94. The maximum atomic E-state index is 11.6. The maximum absolute atomic E-state index is 11.6. The smallest absolute Gasteiger partial charge is 0.207 e. The standard InChI is InChI=1S/C7H9N.C5H9FN2O/c1-8-7-5-3-2-4-6-7;6-1-5(2-7)3-8-4-9/h2-6,8H,1H3;1,4H,2-3,7H2,(H,8,9)/b;5-1+. The van der Waals surface area contributed by atoms with E-state index in [1.807, 2.05) is 37.4 Å². The van der Waals surface area contributed by atoms with Gasteiger partial charge in [-0.2, -0.15) is 0 Å². The van der Waals surface area contributed by atoms with Crippen LogP contribution in [0.1, 0.15) is 0 Å². The van der Waals surface area contributed by atoms with Gasteiger partial charge in [0.2, 0.25) is 6.41 Å². The maximum Gasteiger partial charge on any atom is 0.207 e. The molecule has 17 heavy (non-hydrogen) atoms. The summed E-state index contributed by atoms with van der Waals surface area (Å²) in [6, 6.07) is 10.1. The fraction of sp³-hybridized carbons (Fsp3) is 0.250. The number of carbonyl (C=O) groups is 1. The molecular formula is C12H18FN3O. The van der Waals surface area contributed by atoms with E-state index in [-0.39, 0.29) is 13.1 Å². The number of nitrogens with two attached hydrogens (primary N) is 1. The lowest BCUT2D eigenvalue weighted by Gasteiger charge is -1.97. The van der Waals surface area contributed by atoms with Gasteiger partial charge in [-0.3, -0.25) is 4.79 Å². The first-order valence-electron chi connectivity index (χ1n) is 5.16. The lowest BCUT2D eigenvalue weighted by atomic mass is 10.3. The molecule has 0 unspecified atom stereocenters. The number of amides is 1. The fourth-order valence-corrected chi connectivity index (χ4v) is 0.933. The van der Waals surface area contributed by atoms with Gasteiger partial charge in [-0.1, -0.05) is 18.2 Å². The van der Waals surface area contributed by atoms with E-state index in [9.17, 15) is 9.18 Å². The second-order valence-corrected chi connectivity index (χ2v) is 3.09. The SMILES string of the molecule is CNc1ccccc1.NC/C(=C\F)CNC=O. The Morgan fingerprint density at radius 1 is 1.41 bits per heavy atom. The first kappa shape index (κ1) is 15.1. The average Bonchev–Trinajstić information content (AvgIpc) is 2.42. The summed E-state index contributed by atoms with van der Waals surface area (Å²) in [7, 11) is 1.91. The Morgan fingerprint density at radius 2 is 2.06 bits per heavy atom. The highest BCUT2D eigenvalue weighted by molar-refractivity contribution is 5.46. The number of nitrogens with one attached hydrogen (secondary N) is 2. The topological polar surface area (TPSA) is 67.2 Å². The summed E-state index contributed by atoms with van der Waals surface area (Å²) < 4.78 is 11.6. The highest BCUT2D eigenvalue weighted by Crippen LogP contribution is 2.01. The highest BCUT2D eigenvalue weighted by atomic mass is 19.1. The highest BCUT2D eigenvalue weighted by Gasteiger charge is 1.90. The summed E-state index contributed by atoms with van der Waals surface area (Å²) in [5, 5.41) is 5.31. The lowest BCUT2D eigenvalue weighted by Crippen LogP contribution is -2.18. The predicted molar refractivity (Wildman–Crippen MR) is 68.3 cm³/mol. The van der Waals surface area contributed by atoms with Crippen LogP contribution in [0.15, 0.2) is 42.2 Å². The predicted octanol–water partition coefficient (Wildman–Crippen LogP) is 1.27. The number of benzene rings is 1. The lowest BCUT2D eigenvalue weighted by molar-refractivity contribution is -0.109. The molecular weight excluding hydrogens is 221 g/mol. The van der Waals surface area contributed by atoms with Crippen LogP contribution in [-0.2, 0) is 4.79 Å². The number of para-hydroxylation sites is 1. The molecule has 5 heteroatoms. The fourth-order valence-electron chi connectivity index (χ4n) is 0.933. The van der Waals surface area contributed by atoms with Crippen LogP contribution in [0.4, 0.5) is 10.1 Å². The van der Waals surface area contributed by atoms with Crippen molar-refractivity contribution in [3.8, 4) is 0 Å². The zero-order chi connectivity index (χ0) is 12.9. The summed E-state index contributed by atoms with van der Waals surface area (Å²) in [6.07, 6.45) is 0.898. The molecule has 0 spiro atoms. The van der Waals surface area contributed by atoms with Gasteiger partial charge in [-0.05, 0) is 17.7 Å². The first-order valence-corrected chi connectivity index (χ1v) is 5.16. The summed E-state index contributed by atoms with van der Waals surface area (Å²) in [5.74, 6) is 0. The largest absolute Gasteiger partial charge is 0.388 e. The Labute approximate surface area is 101 Å². The molecule has 94 valence electrons. The van der Waals surface area contributed by atoms with Crippen LogP contribution in [0.25, 0.3) is 0 Å². The molecule has 1 aromatic carbocycles. The number of rotatable bonds is 5. The van der Waals surface area contributed by atoms with Crippen molar-refractivity contribution in [1.29, 1.82) is 0 Å². The third-order valence-electron chi connectivity index (χ3n) is 1.89. The Balaban J connectivity index is 0.000000302. The van der Waals surface area contributed by atoms with Crippen LogP contribution in [0.2, 0.25) is 0 Å². The van der Waals surface area contributed by atoms with Crippen molar-refractivity contribution in [2.24, 2.45) is 5.73 Å². The average molecular weight is 239 g/mol. The third kappa shape index (κ3) is 7.98. The zero-order valence-corrected chi connectivity index (χ0v) is 9.82. The Kier molecular flexibility index (Phi) is 9.46. The van der Waals surface area contributed by atoms with E-state index < -0.39 is 0 Å². The van der Waals surface area contributed by atoms with Gasteiger partial charge in [0, 0.05) is 25.8 Å². The molecule has 0 aliphatic heterocycles. The molecule has 0 heterocycles. The molecule has 0 aliphatic carbocycles. The van der Waals surface area contributed by atoms with Gasteiger partial charge < -0.3 is 16.4 Å². The molecule has 0 saturated heterocycles. The van der Waals surface area contributed by atoms with Gasteiger partial charge in [-0.15, -0.1) is 0 Å². The van der Waals surface area contributed by atoms with Crippen molar-refractivity contribution < 1.29 is 9.18 Å². The molecule has 1 amide bonds. The first-order chi connectivity index (χ1) is 8.28. The van der Waals surface area contributed by atoms with Gasteiger partial charge in [-0.25, -0.2) is 4.39 Å². The van der Waals surface area contributed by atoms with Crippen LogP contribution < -0.4 is 16.4 Å². The Hall–Kier alpha value is -1.88. The molecule has 0 aliphatic rings. The summed E-state index contributed by atoms with van der Waals surface area (Å²) in [6.45, 7) is 0.327. The third-order valence-corrected chi connectivity index (χ3v) is 1.89.